The van der Waals surface area contributed by atoms with Crippen molar-refractivity contribution in [1.82, 2.24) is 5.32 Å². The number of benzene rings is 1. The molecule has 2 rings (SSSR count). The van der Waals surface area contributed by atoms with Gasteiger partial charge in [0.1, 0.15) is 0 Å². The van der Waals surface area contributed by atoms with Crippen molar-refractivity contribution in [1.29, 1.82) is 0 Å². The molecule has 20 heavy (non-hydrogen) atoms. The number of hydrogen-bond donors (Lipinski definition) is 1. The van der Waals surface area contributed by atoms with Crippen molar-refractivity contribution in [3.8, 4) is 0 Å². The minimum absolute atomic E-state index is 0.387. The van der Waals surface area contributed by atoms with E-state index in [1.54, 1.807) is 0 Å². The highest BCUT2D eigenvalue weighted by molar-refractivity contribution is 9.10. The normalized spacial score (nSPS) is 19.9. The summed E-state index contributed by atoms with van der Waals surface area (Å²) in [5.74, 6) is 0. The fourth-order valence-corrected chi connectivity index (χ4v) is 3.58. The number of anilines is 1. The molecule has 0 amide bonds. The Bertz CT molecular complexity index is 456. The second kappa shape index (κ2) is 6.48. The first-order valence-corrected chi connectivity index (χ1v) is 8.50. The van der Waals surface area contributed by atoms with Crippen LogP contribution in [0.15, 0.2) is 22.7 Å². The second-order valence-corrected chi connectivity index (χ2v) is 7.59. The maximum Gasteiger partial charge on any atom is 0.0415 e. The highest BCUT2D eigenvalue weighted by Gasteiger charge is 2.28. The SMILES string of the molecule is CCNC(C)c1cc(Br)ccc1N1CCCC(C)(C)C1. The molecule has 3 heteroatoms. The molecular formula is C17H27BrN2. The van der Waals surface area contributed by atoms with E-state index in [0.29, 0.717) is 11.5 Å². The van der Waals surface area contributed by atoms with Crippen LogP contribution in [0.3, 0.4) is 0 Å². The molecule has 1 aliphatic heterocycles. The third-order valence-corrected chi connectivity index (χ3v) is 4.70. The van der Waals surface area contributed by atoms with Crippen LogP contribution in [0, 0.1) is 5.41 Å². The fourth-order valence-electron chi connectivity index (χ4n) is 3.21. The molecule has 1 heterocycles. The lowest BCUT2D eigenvalue weighted by atomic mass is 9.83. The van der Waals surface area contributed by atoms with Gasteiger partial charge in [-0.3, -0.25) is 0 Å². The van der Waals surface area contributed by atoms with Gasteiger partial charge < -0.3 is 10.2 Å². The Hall–Kier alpha value is -0.540. The zero-order valence-electron chi connectivity index (χ0n) is 13.2. The number of piperidine rings is 1. The van der Waals surface area contributed by atoms with E-state index in [0.717, 1.165) is 17.6 Å². The van der Waals surface area contributed by atoms with Gasteiger partial charge in [-0.05, 0) is 55.5 Å². The number of rotatable bonds is 4. The minimum Gasteiger partial charge on any atom is -0.371 e. The molecule has 1 aromatic carbocycles. The quantitative estimate of drug-likeness (QED) is 0.852. The lowest BCUT2D eigenvalue weighted by molar-refractivity contribution is 0.292. The highest BCUT2D eigenvalue weighted by Crippen LogP contribution is 2.36. The molecule has 0 radical (unpaired) electrons. The van der Waals surface area contributed by atoms with E-state index >= 15 is 0 Å². The summed E-state index contributed by atoms with van der Waals surface area (Å²) in [7, 11) is 0. The second-order valence-electron chi connectivity index (χ2n) is 6.67. The summed E-state index contributed by atoms with van der Waals surface area (Å²) < 4.78 is 1.16. The number of nitrogens with one attached hydrogen (secondary N) is 1. The predicted molar refractivity (Wildman–Crippen MR) is 91.5 cm³/mol. The van der Waals surface area contributed by atoms with Crippen molar-refractivity contribution >= 4 is 21.6 Å². The first-order chi connectivity index (χ1) is 9.43. The Balaban J connectivity index is 2.30. The van der Waals surface area contributed by atoms with Gasteiger partial charge in [-0.2, -0.15) is 0 Å². The van der Waals surface area contributed by atoms with Crippen LogP contribution in [0.5, 0.6) is 0 Å². The Morgan fingerprint density at radius 3 is 2.80 bits per heavy atom. The maximum atomic E-state index is 3.62. The van der Waals surface area contributed by atoms with Gasteiger partial charge >= 0.3 is 0 Å². The van der Waals surface area contributed by atoms with Crippen molar-refractivity contribution in [2.75, 3.05) is 24.5 Å². The molecule has 1 unspecified atom stereocenters. The van der Waals surface area contributed by atoms with Crippen LogP contribution >= 0.6 is 15.9 Å². The molecule has 0 spiro atoms. The topological polar surface area (TPSA) is 15.3 Å². The van der Waals surface area contributed by atoms with Gasteiger partial charge in [-0.25, -0.2) is 0 Å². The fraction of sp³-hybridized carbons (Fsp3) is 0.647. The summed E-state index contributed by atoms with van der Waals surface area (Å²) in [5.41, 5.74) is 3.22. The monoisotopic (exact) mass is 338 g/mol. The Morgan fingerprint density at radius 2 is 2.15 bits per heavy atom. The Kier molecular flexibility index (Phi) is 5.14. The zero-order valence-corrected chi connectivity index (χ0v) is 14.8. The predicted octanol–water partition coefficient (Wildman–Crippen LogP) is 4.75. The van der Waals surface area contributed by atoms with E-state index in [9.17, 15) is 0 Å². The van der Waals surface area contributed by atoms with E-state index in [4.69, 9.17) is 0 Å². The van der Waals surface area contributed by atoms with Crippen LogP contribution in [-0.2, 0) is 0 Å². The molecule has 112 valence electrons. The van der Waals surface area contributed by atoms with Crippen LogP contribution in [0.1, 0.15) is 52.1 Å². The van der Waals surface area contributed by atoms with Gasteiger partial charge in [0.25, 0.3) is 0 Å². The third kappa shape index (κ3) is 3.76. The van der Waals surface area contributed by atoms with Crippen molar-refractivity contribution in [2.45, 2.75) is 46.6 Å². The first-order valence-electron chi connectivity index (χ1n) is 7.71. The summed E-state index contributed by atoms with van der Waals surface area (Å²) in [5, 5.41) is 3.54. The molecule has 0 saturated carbocycles. The molecule has 1 fully saturated rings. The maximum absolute atomic E-state index is 3.62. The lowest BCUT2D eigenvalue weighted by Crippen LogP contribution is -2.40. The largest absolute Gasteiger partial charge is 0.371 e. The molecule has 0 bridgehead atoms. The molecule has 1 saturated heterocycles. The number of nitrogens with zero attached hydrogens (tertiary/aromatic N) is 1. The van der Waals surface area contributed by atoms with Crippen molar-refractivity contribution in [2.24, 2.45) is 5.41 Å². The number of hydrogen-bond acceptors (Lipinski definition) is 2. The van der Waals surface area contributed by atoms with Crippen molar-refractivity contribution in [3.63, 3.8) is 0 Å². The van der Waals surface area contributed by atoms with E-state index in [1.165, 1.54) is 30.6 Å². The number of halogens is 1. The molecule has 1 N–H and O–H groups in total. The molecule has 0 aromatic heterocycles. The summed E-state index contributed by atoms with van der Waals surface area (Å²) >= 11 is 3.62. The summed E-state index contributed by atoms with van der Waals surface area (Å²) in [6.07, 6.45) is 2.62. The van der Waals surface area contributed by atoms with E-state index in [-0.39, 0.29) is 0 Å². The average molecular weight is 339 g/mol. The molecule has 1 aromatic rings. The minimum atomic E-state index is 0.387. The Labute approximate surface area is 132 Å². The Morgan fingerprint density at radius 1 is 1.40 bits per heavy atom. The van der Waals surface area contributed by atoms with Crippen molar-refractivity contribution in [3.05, 3.63) is 28.2 Å². The summed E-state index contributed by atoms with van der Waals surface area (Å²) in [6.45, 7) is 12.5. The molecule has 1 aliphatic rings. The van der Waals surface area contributed by atoms with Gasteiger partial charge in [0.05, 0.1) is 0 Å². The summed E-state index contributed by atoms with van der Waals surface area (Å²) in [4.78, 5) is 2.57. The highest BCUT2D eigenvalue weighted by atomic mass is 79.9. The molecule has 0 aliphatic carbocycles. The van der Waals surface area contributed by atoms with E-state index in [1.807, 2.05) is 0 Å². The van der Waals surface area contributed by atoms with Gasteiger partial charge in [-0.15, -0.1) is 0 Å². The first kappa shape index (κ1) is 15.8. The standard InChI is InChI=1S/C17H27BrN2/c1-5-19-13(2)15-11-14(18)7-8-16(15)20-10-6-9-17(3,4)12-20/h7-8,11,13,19H,5-6,9-10,12H2,1-4H3. The van der Waals surface area contributed by atoms with Crippen LogP contribution in [0.25, 0.3) is 0 Å². The van der Waals surface area contributed by atoms with Crippen molar-refractivity contribution < 1.29 is 0 Å². The molecule has 1 atom stereocenters. The smallest absolute Gasteiger partial charge is 0.0415 e. The van der Waals surface area contributed by atoms with Crippen LogP contribution in [0.4, 0.5) is 5.69 Å². The molecular weight excluding hydrogens is 312 g/mol. The zero-order chi connectivity index (χ0) is 14.8. The van der Waals surface area contributed by atoms with Gasteiger partial charge in [0.2, 0.25) is 0 Å². The van der Waals surface area contributed by atoms with Gasteiger partial charge in [-0.1, -0.05) is 36.7 Å². The van der Waals surface area contributed by atoms with Crippen LogP contribution in [0.2, 0.25) is 0 Å². The average Bonchev–Trinajstić information content (AvgIpc) is 2.37. The molecule has 2 nitrogen and oxygen atoms in total. The van der Waals surface area contributed by atoms with E-state index < -0.39 is 0 Å². The van der Waals surface area contributed by atoms with E-state index in [2.05, 4.69) is 72.0 Å². The van der Waals surface area contributed by atoms with Gasteiger partial charge in [0, 0.05) is 29.3 Å². The van der Waals surface area contributed by atoms with Crippen LogP contribution < -0.4 is 10.2 Å². The lowest BCUT2D eigenvalue weighted by Gasteiger charge is -2.40. The third-order valence-electron chi connectivity index (χ3n) is 4.21. The van der Waals surface area contributed by atoms with Crippen LogP contribution in [-0.4, -0.2) is 19.6 Å². The summed E-state index contributed by atoms with van der Waals surface area (Å²) in [6, 6.07) is 7.09. The van der Waals surface area contributed by atoms with Gasteiger partial charge in [0.15, 0.2) is 0 Å².